The van der Waals surface area contributed by atoms with E-state index in [1.54, 1.807) is 24.3 Å². The van der Waals surface area contributed by atoms with Gasteiger partial charge >= 0.3 is 5.69 Å². The zero-order chi connectivity index (χ0) is 17.8. The van der Waals surface area contributed by atoms with Gasteiger partial charge in [0, 0.05) is 36.9 Å². The van der Waals surface area contributed by atoms with Crippen LogP contribution in [-0.4, -0.2) is 58.0 Å². The normalized spacial score (nSPS) is 15.8. The molecule has 0 unspecified atom stereocenters. The van der Waals surface area contributed by atoms with Gasteiger partial charge in [0.15, 0.2) is 0 Å². The minimum absolute atomic E-state index is 0.124. The third-order valence-corrected chi connectivity index (χ3v) is 4.13. The molecule has 3 rings (SSSR count). The largest absolute Gasteiger partial charge is 0.354 e. The lowest BCUT2D eigenvalue weighted by atomic mass is 10.3. The number of nitro groups is 1. The molecule has 9 nitrogen and oxygen atoms in total. The van der Waals surface area contributed by atoms with Crippen molar-refractivity contribution in [2.24, 2.45) is 0 Å². The van der Waals surface area contributed by atoms with Gasteiger partial charge in [0.25, 0.3) is 0 Å². The van der Waals surface area contributed by atoms with E-state index in [1.165, 1.54) is 6.33 Å². The molecule has 0 amide bonds. The Hall–Kier alpha value is -2.49. The fourth-order valence-corrected chi connectivity index (χ4v) is 2.59. The first-order valence-electron chi connectivity index (χ1n) is 7.75. The highest BCUT2D eigenvalue weighted by Crippen LogP contribution is 2.31. The summed E-state index contributed by atoms with van der Waals surface area (Å²) >= 11 is 5.86. The van der Waals surface area contributed by atoms with Crippen LogP contribution in [0.2, 0.25) is 5.02 Å². The molecule has 0 aliphatic carbocycles. The SMILES string of the molecule is CN1CCN(Nc2ncnc(Nc3ccc(Cl)cc3)c2[N+](=O)[O-])CC1. The van der Waals surface area contributed by atoms with Gasteiger partial charge < -0.3 is 10.2 Å². The minimum Gasteiger partial charge on any atom is -0.334 e. The molecule has 132 valence electrons. The maximum atomic E-state index is 11.6. The van der Waals surface area contributed by atoms with Crippen LogP contribution < -0.4 is 10.7 Å². The second kappa shape index (κ2) is 7.60. The zero-order valence-electron chi connectivity index (χ0n) is 13.6. The maximum absolute atomic E-state index is 11.6. The van der Waals surface area contributed by atoms with Crippen molar-refractivity contribution in [3.8, 4) is 0 Å². The number of nitrogens with one attached hydrogen (secondary N) is 2. The molecular formula is C15H18ClN7O2. The molecular weight excluding hydrogens is 346 g/mol. The standard InChI is InChI=1S/C15H18ClN7O2/c1-21-6-8-22(9-7-21)20-15-13(23(24)25)14(17-10-18-15)19-12-4-2-11(16)3-5-12/h2-5,10H,6-9H2,1H3,(H2,17,18,19,20). The first-order chi connectivity index (χ1) is 12.0. The Balaban J connectivity index is 1.83. The topological polar surface area (TPSA) is 99.5 Å². The van der Waals surface area contributed by atoms with E-state index in [0.29, 0.717) is 10.7 Å². The summed E-state index contributed by atoms with van der Waals surface area (Å²) < 4.78 is 0. The molecule has 1 fully saturated rings. The molecule has 0 atom stereocenters. The fourth-order valence-electron chi connectivity index (χ4n) is 2.46. The van der Waals surface area contributed by atoms with Crippen LogP contribution in [-0.2, 0) is 0 Å². The van der Waals surface area contributed by atoms with Crippen molar-refractivity contribution in [3.63, 3.8) is 0 Å². The minimum atomic E-state index is -0.489. The Bertz CT molecular complexity index is 748. The van der Waals surface area contributed by atoms with Gasteiger partial charge in [-0.15, -0.1) is 0 Å². The third-order valence-electron chi connectivity index (χ3n) is 3.88. The smallest absolute Gasteiger partial charge is 0.334 e. The number of anilines is 3. The fraction of sp³-hybridized carbons (Fsp3) is 0.333. The number of likely N-dealkylation sites (N-methyl/N-ethyl adjacent to an activating group) is 1. The lowest BCUT2D eigenvalue weighted by molar-refractivity contribution is -0.383. The van der Waals surface area contributed by atoms with Crippen molar-refractivity contribution < 1.29 is 4.92 Å². The van der Waals surface area contributed by atoms with Gasteiger partial charge in [0.1, 0.15) is 6.33 Å². The summed E-state index contributed by atoms with van der Waals surface area (Å²) in [5, 5.41) is 17.0. The average molecular weight is 364 g/mol. The van der Waals surface area contributed by atoms with Crippen molar-refractivity contribution >= 4 is 34.6 Å². The van der Waals surface area contributed by atoms with Crippen LogP contribution in [0, 0.1) is 10.1 Å². The molecule has 1 aromatic carbocycles. The number of hydrogen-bond acceptors (Lipinski definition) is 8. The monoisotopic (exact) mass is 363 g/mol. The molecule has 0 bridgehead atoms. The molecule has 2 N–H and O–H groups in total. The molecule has 0 saturated carbocycles. The number of rotatable bonds is 5. The quantitative estimate of drug-likeness (QED) is 0.617. The summed E-state index contributed by atoms with van der Waals surface area (Å²) in [7, 11) is 2.04. The van der Waals surface area contributed by atoms with Crippen LogP contribution in [0.3, 0.4) is 0 Å². The van der Waals surface area contributed by atoms with E-state index in [-0.39, 0.29) is 17.3 Å². The number of aromatic nitrogens is 2. The second-order valence-corrected chi connectivity index (χ2v) is 6.15. The predicted octanol–water partition coefficient (Wildman–Crippen LogP) is 2.36. The van der Waals surface area contributed by atoms with Crippen molar-refractivity contribution in [2.45, 2.75) is 0 Å². The van der Waals surface area contributed by atoms with Gasteiger partial charge in [-0.05, 0) is 31.3 Å². The highest BCUT2D eigenvalue weighted by atomic mass is 35.5. The van der Waals surface area contributed by atoms with Crippen LogP contribution >= 0.6 is 11.6 Å². The van der Waals surface area contributed by atoms with Crippen LogP contribution in [0.15, 0.2) is 30.6 Å². The maximum Gasteiger partial charge on any atom is 0.354 e. The molecule has 1 aliphatic heterocycles. The Morgan fingerprint density at radius 3 is 2.40 bits per heavy atom. The molecule has 1 saturated heterocycles. The summed E-state index contributed by atoms with van der Waals surface area (Å²) in [4.78, 5) is 21.4. The summed E-state index contributed by atoms with van der Waals surface area (Å²) in [6.07, 6.45) is 1.30. The van der Waals surface area contributed by atoms with Gasteiger partial charge in [-0.1, -0.05) is 11.6 Å². The summed E-state index contributed by atoms with van der Waals surface area (Å²) in [6.45, 7) is 3.25. The van der Waals surface area contributed by atoms with Crippen molar-refractivity contribution in [2.75, 3.05) is 44.0 Å². The van der Waals surface area contributed by atoms with E-state index in [9.17, 15) is 10.1 Å². The summed E-state index contributed by atoms with van der Waals surface area (Å²) in [5.74, 6) is 0.292. The number of benzene rings is 1. The summed E-state index contributed by atoms with van der Waals surface area (Å²) in [5.41, 5.74) is 3.49. The van der Waals surface area contributed by atoms with E-state index >= 15 is 0 Å². The Labute approximate surface area is 149 Å². The molecule has 25 heavy (non-hydrogen) atoms. The van der Waals surface area contributed by atoms with Crippen LogP contribution in [0.25, 0.3) is 0 Å². The van der Waals surface area contributed by atoms with Crippen LogP contribution in [0.5, 0.6) is 0 Å². The van der Waals surface area contributed by atoms with Gasteiger partial charge in [-0.25, -0.2) is 15.0 Å². The highest BCUT2D eigenvalue weighted by molar-refractivity contribution is 6.30. The molecule has 2 aromatic rings. The Morgan fingerprint density at radius 2 is 1.76 bits per heavy atom. The predicted molar refractivity (Wildman–Crippen MR) is 96.1 cm³/mol. The highest BCUT2D eigenvalue weighted by Gasteiger charge is 2.25. The second-order valence-electron chi connectivity index (χ2n) is 5.71. The van der Waals surface area contributed by atoms with E-state index in [4.69, 9.17) is 11.6 Å². The van der Waals surface area contributed by atoms with Crippen LogP contribution in [0.4, 0.5) is 23.0 Å². The number of halogens is 1. The lowest BCUT2D eigenvalue weighted by Crippen LogP contribution is -2.47. The zero-order valence-corrected chi connectivity index (χ0v) is 14.4. The molecule has 1 aromatic heterocycles. The molecule has 10 heteroatoms. The molecule has 0 spiro atoms. The number of nitrogens with zero attached hydrogens (tertiary/aromatic N) is 5. The lowest BCUT2D eigenvalue weighted by Gasteiger charge is -2.32. The molecule has 0 radical (unpaired) electrons. The van der Waals surface area contributed by atoms with Crippen molar-refractivity contribution in [1.29, 1.82) is 0 Å². The van der Waals surface area contributed by atoms with Crippen LogP contribution in [0.1, 0.15) is 0 Å². The third kappa shape index (κ3) is 4.32. The van der Waals surface area contributed by atoms with Gasteiger partial charge in [-0.2, -0.15) is 0 Å². The van der Waals surface area contributed by atoms with Gasteiger partial charge in [0.2, 0.25) is 11.6 Å². The van der Waals surface area contributed by atoms with E-state index in [1.807, 2.05) is 12.1 Å². The first kappa shape index (κ1) is 17.3. The average Bonchev–Trinajstić information content (AvgIpc) is 2.59. The summed E-state index contributed by atoms with van der Waals surface area (Å²) in [6, 6.07) is 6.84. The van der Waals surface area contributed by atoms with Crippen molar-refractivity contribution in [1.82, 2.24) is 19.9 Å². The van der Waals surface area contributed by atoms with Crippen molar-refractivity contribution in [3.05, 3.63) is 45.7 Å². The van der Waals surface area contributed by atoms with Gasteiger partial charge in [0.05, 0.1) is 4.92 Å². The van der Waals surface area contributed by atoms with E-state index in [0.717, 1.165) is 26.2 Å². The van der Waals surface area contributed by atoms with E-state index < -0.39 is 4.92 Å². The van der Waals surface area contributed by atoms with Gasteiger partial charge in [-0.3, -0.25) is 15.5 Å². The number of hydrogen-bond donors (Lipinski definition) is 2. The Kier molecular flexibility index (Phi) is 5.27. The van der Waals surface area contributed by atoms with E-state index in [2.05, 4.69) is 25.6 Å². The first-order valence-corrected chi connectivity index (χ1v) is 8.13. The molecule has 2 heterocycles. The Morgan fingerprint density at radius 1 is 1.12 bits per heavy atom. The number of hydrazine groups is 1. The molecule has 1 aliphatic rings. The number of piperazine rings is 1.